The predicted octanol–water partition coefficient (Wildman–Crippen LogP) is 2.95. The molecule has 0 bridgehead atoms. The van der Waals surface area contributed by atoms with Gasteiger partial charge >= 0.3 is 0 Å². The first-order chi connectivity index (χ1) is 11.2. The minimum atomic E-state index is -0.150. The van der Waals surface area contributed by atoms with Gasteiger partial charge in [0.1, 0.15) is 17.1 Å². The Hall–Kier alpha value is -1.75. The molecule has 0 spiro atoms. The molecular weight excluding hydrogens is 292 g/mol. The van der Waals surface area contributed by atoms with Crippen molar-refractivity contribution in [3.63, 3.8) is 0 Å². The first kappa shape index (κ1) is 19.3. The van der Waals surface area contributed by atoms with Gasteiger partial charge in [0.25, 0.3) is 5.91 Å². The van der Waals surface area contributed by atoms with E-state index in [0.717, 1.165) is 38.9 Å². The molecule has 1 rings (SSSR count). The Morgan fingerprint density at radius 1 is 1.04 bits per heavy atom. The molecule has 0 atom stereocenters. The molecule has 5 nitrogen and oxygen atoms in total. The number of rotatable bonds is 11. The van der Waals surface area contributed by atoms with Gasteiger partial charge in [-0.2, -0.15) is 0 Å². The van der Waals surface area contributed by atoms with Crippen LogP contribution in [-0.2, 0) is 0 Å². The van der Waals surface area contributed by atoms with E-state index in [2.05, 4.69) is 24.1 Å². The minimum absolute atomic E-state index is 0.150. The van der Waals surface area contributed by atoms with Gasteiger partial charge in [-0.25, -0.2) is 0 Å². The van der Waals surface area contributed by atoms with E-state index in [1.807, 2.05) is 6.07 Å². The zero-order valence-electron chi connectivity index (χ0n) is 14.9. The Morgan fingerprint density at radius 3 is 2.17 bits per heavy atom. The molecule has 23 heavy (non-hydrogen) atoms. The standard InChI is InChI=1S/C18H30N2O3/c1-5-20(6-2)14-9-7-8-13-19-18(21)17-15(22-3)11-10-12-16(17)23-4/h10-12H,5-9,13-14H2,1-4H3,(H,19,21). The number of nitrogens with one attached hydrogen (secondary N) is 1. The average molecular weight is 322 g/mol. The van der Waals surface area contributed by atoms with Crippen molar-refractivity contribution < 1.29 is 14.3 Å². The van der Waals surface area contributed by atoms with Crippen LogP contribution in [0.25, 0.3) is 0 Å². The van der Waals surface area contributed by atoms with Crippen LogP contribution in [0.1, 0.15) is 43.5 Å². The number of methoxy groups -OCH3 is 2. The van der Waals surface area contributed by atoms with Crippen molar-refractivity contribution in [1.82, 2.24) is 10.2 Å². The number of unbranched alkanes of at least 4 members (excludes halogenated alkanes) is 2. The Kier molecular flexibility index (Phi) is 9.14. The second-order valence-corrected chi connectivity index (χ2v) is 5.38. The van der Waals surface area contributed by atoms with Crippen molar-refractivity contribution in [2.45, 2.75) is 33.1 Å². The van der Waals surface area contributed by atoms with Crippen molar-refractivity contribution in [3.05, 3.63) is 23.8 Å². The van der Waals surface area contributed by atoms with Gasteiger partial charge in [0, 0.05) is 6.54 Å². The highest BCUT2D eigenvalue weighted by molar-refractivity contribution is 5.99. The van der Waals surface area contributed by atoms with E-state index in [-0.39, 0.29) is 5.91 Å². The SMILES string of the molecule is CCN(CC)CCCCCNC(=O)c1c(OC)cccc1OC. The van der Waals surface area contributed by atoms with E-state index >= 15 is 0 Å². The summed E-state index contributed by atoms with van der Waals surface area (Å²) in [6.45, 7) is 8.36. The normalized spacial score (nSPS) is 10.7. The molecular formula is C18H30N2O3. The number of amides is 1. The maximum atomic E-state index is 12.4. The van der Waals surface area contributed by atoms with Crippen LogP contribution in [0.15, 0.2) is 18.2 Å². The Bertz CT molecular complexity index is 451. The second kappa shape index (κ2) is 10.9. The average Bonchev–Trinajstić information content (AvgIpc) is 2.60. The van der Waals surface area contributed by atoms with Crippen LogP contribution in [-0.4, -0.2) is 51.2 Å². The number of carbonyl (C=O) groups excluding carboxylic acids is 1. The van der Waals surface area contributed by atoms with Crippen LogP contribution in [0.3, 0.4) is 0 Å². The van der Waals surface area contributed by atoms with Crippen molar-refractivity contribution in [3.8, 4) is 11.5 Å². The van der Waals surface area contributed by atoms with Crippen LogP contribution in [0.2, 0.25) is 0 Å². The molecule has 0 saturated carbocycles. The second-order valence-electron chi connectivity index (χ2n) is 5.38. The van der Waals surface area contributed by atoms with Crippen molar-refractivity contribution in [2.24, 2.45) is 0 Å². The van der Waals surface area contributed by atoms with Gasteiger partial charge in [-0.15, -0.1) is 0 Å². The zero-order chi connectivity index (χ0) is 17.1. The summed E-state index contributed by atoms with van der Waals surface area (Å²) in [6, 6.07) is 5.34. The lowest BCUT2D eigenvalue weighted by atomic mass is 10.1. The maximum absolute atomic E-state index is 12.4. The van der Waals surface area contributed by atoms with Crippen LogP contribution in [0, 0.1) is 0 Å². The summed E-state index contributed by atoms with van der Waals surface area (Å²) in [5.74, 6) is 0.912. The molecule has 0 aliphatic carbocycles. The molecule has 1 aromatic rings. The summed E-state index contributed by atoms with van der Waals surface area (Å²) < 4.78 is 10.5. The third kappa shape index (κ3) is 6.10. The fraction of sp³-hybridized carbons (Fsp3) is 0.611. The zero-order valence-corrected chi connectivity index (χ0v) is 14.9. The van der Waals surface area contributed by atoms with Crippen molar-refractivity contribution in [2.75, 3.05) is 40.4 Å². The maximum Gasteiger partial charge on any atom is 0.258 e. The molecule has 1 aromatic carbocycles. The number of benzene rings is 1. The summed E-state index contributed by atoms with van der Waals surface area (Å²) in [5, 5.41) is 2.95. The van der Waals surface area contributed by atoms with Crippen LogP contribution in [0.4, 0.5) is 0 Å². The van der Waals surface area contributed by atoms with E-state index in [4.69, 9.17) is 9.47 Å². The number of hydrogen-bond donors (Lipinski definition) is 1. The van der Waals surface area contributed by atoms with Gasteiger partial charge < -0.3 is 19.7 Å². The monoisotopic (exact) mass is 322 g/mol. The fourth-order valence-corrected chi connectivity index (χ4v) is 2.54. The van der Waals surface area contributed by atoms with Crippen LogP contribution < -0.4 is 14.8 Å². The fourth-order valence-electron chi connectivity index (χ4n) is 2.54. The molecule has 0 radical (unpaired) electrons. The summed E-state index contributed by atoms with van der Waals surface area (Å²) in [7, 11) is 3.11. The minimum Gasteiger partial charge on any atom is -0.496 e. The van der Waals surface area contributed by atoms with Crippen LogP contribution >= 0.6 is 0 Å². The summed E-state index contributed by atoms with van der Waals surface area (Å²) in [4.78, 5) is 14.8. The molecule has 0 fully saturated rings. The molecule has 130 valence electrons. The predicted molar refractivity (Wildman–Crippen MR) is 93.5 cm³/mol. The van der Waals surface area contributed by atoms with E-state index in [9.17, 15) is 4.79 Å². The highest BCUT2D eigenvalue weighted by Gasteiger charge is 2.17. The lowest BCUT2D eigenvalue weighted by Gasteiger charge is -2.17. The third-order valence-corrected chi connectivity index (χ3v) is 3.99. The first-order valence-corrected chi connectivity index (χ1v) is 8.39. The van der Waals surface area contributed by atoms with Gasteiger partial charge in [0.2, 0.25) is 0 Å². The first-order valence-electron chi connectivity index (χ1n) is 8.39. The van der Waals surface area contributed by atoms with E-state index in [0.29, 0.717) is 23.6 Å². The Morgan fingerprint density at radius 2 is 1.65 bits per heavy atom. The Balaban J connectivity index is 2.40. The van der Waals surface area contributed by atoms with Gasteiger partial charge in [-0.05, 0) is 44.6 Å². The van der Waals surface area contributed by atoms with Gasteiger partial charge in [0.05, 0.1) is 14.2 Å². The highest BCUT2D eigenvalue weighted by atomic mass is 16.5. The number of carbonyl (C=O) groups is 1. The van der Waals surface area contributed by atoms with Crippen LogP contribution in [0.5, 0.6) is 11.5 Å². The van der Waals surface area contributed by atoms with Gasteiger partial charge in [0.15, 0.2) is 0 Å². The molecule has 0 aromatic heterocycles. The largest absolute Gasteiger partial charge is 0.496 e. The van der Waals surface area contributed by atoms with E-state index in [1.165, 1.54) is 0 Å². The molecule has 0 aliphatic rings. The van der Waals surface area contributed by atoms with E-state index < -0.39 is 0 Å². The summed E-state index contributed by atoms with van der Waals surface area (Å²) >= 11 is 0. The molecule has 0 heterocycles. The van der Waals surface area contributed by atoms with Gasteiger partial charge in [-0.3, -0.25) is 4.79 Å². The molecule has 0 saturated heterocycles. The highest BCUT2D eigenvalue weighted by Crippen LogP contribution is 2.27. The topological polar surface area (TPSA) is 50.8 Å². The molecule has 1 amide bonds. The quantitative estimate of drug-likeness (QED) is 0.636. The Labute approximate surface area is 140 Å². The number of nitrogens with zero attached hydrogens (tertiary/aromatic N) is 1. The van der Waals surface area contributed by atoms with Gasteiger partial charge in [-0.1, -0.05) is 26.3 Å². The molecule has 5 heteroatoms. The molecule has 0 unspecified atom stereocenters. The number of hydrogen-bond acceptors (Lipinski definition) is 4. The van der Waals surface area contributed by atoms with Crippen molar-refractivity contribution in [1.29, 1.82) is 0 Å². The summed E-state index contributed by atoms with van der Waals surface area (Å²) in [5.41, 5.74) is 0.459. The molecule has 0 aliphatic heterocycles. The third-order valence-electron chi connectivity index (χ3n) is 3.99. The number of ether oxygens (including phenoxy) is 2. The lowest BCUT2D eigenvalue weighted by molar-refractivity contribution is 0.0946. The van der Waals surface area contributed by atoms with E-state index in [1.54, 1.807) is 26.4 Å². The summed E-state index contributed by atoms with van der Waals surface area (Å²) in [6.07, 6.45) is 3.25. The molecule has 1 N–H and O–H groups in total. The lowest BCUT2D eigenvalue weighted by Crippen LogP contribution is -2.26. The smallest absolute Gasteiger partial charge is 0.258 e. The van der Waals surface area contributed by atoms with Crippen molar-refractivity contribution >= 4 is 5.91 Å².